The summed E-state index contributed by atoms with van der Waals surface area (Å²) in [6, 6.07) is 17.2. The van der Waals surface area contributed by atoms with Crippen LogP contribution in [0, 0.1) is 6.92 Å². The van der Waals surface area contributed by atoms with Gasteiger partial charge in [0, 0.05) is 35.0 Å². The molecule has 0 saturated carbocycles. The standard InChI is InChI=1S/C23H20N4O2/c1-14-16(6-4-11-24-14)22-25-19-9-8-15(13-20(19)26-22)23(28)27-18-10-12-29-21-7-3-2-5-17(18)21/h2-9,11,13,18H,10,12H2,1H3,(H,25,26)(H,27,28)/t18-/m0/s1. The van der Waals surface area contributed by atoms with Crippen molar-refractivity contribution in [1.29, 1.82) is 0 Å². The van der Waals surface area contributed by atoms with Crippen LogP contribution in [0.1, 0.15) is 34.1 Å². The molecule has 0 unspecified atom stereocenters. The molecule has 1 aliphatic heterocycles. The van der Waals surface area contributed by atoms with E-state index < -0.39 is 0 Å². The molecule has 0 spiro atoms. The molecule has 3 heterocycles. The highest BCUT2D eigenvalue weighted by molar-refractivity contribution is 5.98. The monoisotopic (exact) mass is 384 g/mol. The minimum absolute atomic E-state index is 0.0569. The lowest BCUT2D eigenvalue weighted by atomic mass is 10.00. The normalized spacial score (nSPS) is 15.6. The van der Waals surface area contributed by atoms with E-state index in [0.717, 1.165) is 45.8 Å². The molecule has 0 saturated heterocycles. The summed E-state index contributed by atoms with van der Waals surface area (Å²) >= 11 is 0. The third kappa shape index (κ3) is 3.23. The van der Waals surface area contributed by atoms with Gasteiger partial charge in [-0.3, -0.25) is 9.78 Å². The van der Waals surface area contributed by atoms with Gasteiger partial charge in [0.1, 0.15) is 11.6 Å². The van der Waals surface area contributed by atoms with Gasteiger partial charge in [-0.15, -0.1) is 0 Å². The number of ether oxygens (including phenoxy) is 1. The van der Waals surface area contributed by atoms with E-state index in [1.54, 1.807) is 6.20 Å². The number of hydrogen-bond acceptors (Lipinski definition) is 4. The lowest BCUT2D eigenvalue weighted by molar-refractivity contribution is 0.0925. The van der Waals surface area contributed by atoms with Gasteiger partial charge < -0.3 is 15.0 Å². The third-order valence-corrected chi connectivity index (χ3v) is 5.27. The number of pyridine rings is 1. The van der Waals surface area contributed by atoms with E-state index in [0.29, 0.717) is 12.2 Å². The molecule has 4 aromatic rings. The van der Waals surface area contributed by atoms with E-state index in [2.05, 4.69) is 20.3 Å². The van der Waals surface area contributed by atoms with Gasteiger partial charge in [-0.2, -0.15) is 0 Å². The number of carbonyl (C=O) groups is 1. The number of fused-ring (bicyclic) bond motifs is 2. The number of amides is 1. The Morgan fingerprint density at radius 2 is 2.07 bits per heavy atom. The van der Waals surface area contributed by atoms with Gasteiger partial charge in [0.15, 0.2) is 0 Å². The zero-order valence-electron chi connectivity index (χ0n) is 16.0. The summed E-state index contributed by atoms with van der Waals surface area (Å²) in [5.41, 5.74) is 5.11. The fourth-order valence-electron chi connectivity index (χ4n) is 3.75. The van der Waals surface area contributed by atoms with Crippen molar-refractivity contribution in [3.63, 3.8) is 0 Å². The van der Waals surface area contributed by atoms with Crippen molar-refractivity contribution < 1.29 is 9.53 Å². The molecular weight excluding hydrogens is 364 g/mol. The summed E-state index contributed by atoms with van der Waals surface area (Å²) in [5, 5.41) is 3.14. The molecule has 2 aromatic heterocycles. The Morgan fingerprint density at radius 1 is 1.17 bits per heavy atom. The van der Waals surface area contributed by atoms with Crippen LogP contribution in [0.15, 0.2) is 60.8 Å². The lowest BCUT2D eigenvalue weighted by Gasteiger charge is -2.26. The predicted octanol–water partition coefficient (Wildman–Crippen LogP) is 4.19. The number of imidazole rings is 1. The first-order valence-corrected chi connectivity index (χ1v) is 9.63. The number of H-pyrrole nitrogens is 1. The zero-order chi connectivity index (χ0) is 19.8. The maximum atomic E-state index is 12.9. The van der Waals surface area contributed by atoms with Crippen LogP contribution < -0.4 is 10.1 Å². The van der Waals surface area contributed by atoms with Crippen LogP contribution in [0.2, 0.25) is 0 Å². The molecule has 5 rings (SSSR count). The first kappa shape index (κ1) is 17.4. The largest absolute Gasteiger partial charge is 0.493 e. The van der Waals surface area contributed by atoms with Crippen LogP contribution >= 0.6 is 0 Å². The molecule has 2 N–H and O–H groups in total. The minimum atomic E-state index is -0.109. The summed E-state index contributed by atoms with van der Waals surface area (Å²) in [5.74, 6) is 1.48. The van der Waals surface area contributed by atoms with E-state index in [1.165, 1.54) is 0 Å². The topological polar surface area (TPSA) is 79.9 Å². The number of nitrogens with one attached hydrogen (secondary N) is 2. The van der Waals surface area contributed by atoms with Crippen LogP contribution in [0.25, 0.3) is 22.4 Å². The van der Waals surface area contributed by atoms with E-state index >= 15 is 0 Å². The number of aryl methyl sites for hydroxylation is 1. The molecule has 144 valence electrons. The van der Waals surface area contributed by atoms with E-state index in [-0.39, 0.29) is 11.9 Å². The summed E-state index contributed by atoms with van der Waals surface area (Å²) in [7, 11) is 0. The molecule has 2 aromatic carbocycles. The third-order valence-electron chi connectivity index (χ3n) is 5.27. The Morgan fingerprint density at radius 3 is 2.97 bits per heavy atom. The van der Waals surface area contributed by atoms with Gasteiger partial charge in [0.05, 0.1) is 23.7 Å². The number of hydrogen-bond donors (Lipinski definition) is 2. The van der Waals surface area contributed by atoms with Crippen molar-refractivity contribution in [2.24, 2.45) is 0 Å². The fourth-order valence-corrected chi connectivity index (χ4v) is 3.75. The second-order valence-electron chi connectivity index (χ2n) is 7.15. The van der Waals surface area contributed by atoms with E-state index in [1.807, 2.05) is 61.5 Å². The molecule has 6 heteroatoms. The van der Waals surface area contributed by atoms with Crippen molar-refractivity contribution in [2.75, 3.05) is 6.61 Å². The SMILES string of the molecule is Cc1ncccc1-c1nc2ccc(C(=O)N[C@H]3CCOc4ccccc43)cc2[nH]1. The number of carbonyl (C=O) groups excluding carboxylic acids is 1. The summed E-state index contributed by atoms with van der Waals surface area (Å²) in [6.45, 7) is 2.54. The molecule has 0 aliphatic carbocycles. The van der Waals surface area contributed by atoms with Gasteiger partial charge >= 0.3 is 0 Å². The summed E-state index contributed by atoms with van der Waals surface area (Å²) < 4.78 is 5.68. The van der Waals surface area contributed by atoms with E-state index in [9.17, 15) is 4.79 Å². The van der Waals surface area contributed by atoms with Gasteiger partial charge in [0.2, 0.25) is 0 Å². The molecule has 0 fully saturated rings. The van der Waals surface area contributed by atoms with Crippen molar-refractivity contribution >= 4 is 16.9 Å². The number of nitrogens with zero attached hydrogens (tertiary/aromatic N) is 2. The Hall–Kier alpha value is -3.67. The Kier molecular flexibility index (Phi) is 4.24. The van der Waals surface area contributed by atoms with Crippen LogP contribution in [-0.4, -0.2) is 27.5 Å². The highest BCUT2D eigenvalue weighted by Gasteiger charge is 2.23. The Bertz CT molecular complexity index is 1210. The summed E-state index contributed by atoms with van der Waals surface area (Å²) in [6.07, 6.45) is 2.51. The molecule has 0 bridgehead atoms. The number of aromatic nitrogens is 3. The molecule has 1 aliphatic rings. The maximum Gasteiger partial charge on any atom is 0.251 e. The first-order chi connectivity index (χ1) is 14.2. The highest BCUT2D eigenvalue weighted by Crippen LogP contribution is 2.32. The fraction of sp³-hybridized carbons (Fsp3) is 0.174. The van der Waals surface area contributed by atoms with Crippen molar-refractivity contribution in [3.05, 3.63) is 77.6 Å². The number of aromatic amines is 1. The van der Waals surface area contributed by atoms with Crippen molar-refractivity contribution in [2.45, 2.75) is 19.4 Å². The molecular formula is C23H20N4O2. The predicted molar refractivity (Wildman–Crippen MR) is 111 cm³/mol. The van der Waals surface area contributed by atoms with Crippen LogP contribution in [-0.2, 0) is 0 Å². The number of benzene rings is 2. The van der Waals surface area contributed by atoms with E-state index in [4.69, 9.17) is 4.74 Å². The summed E-state index contributed by atoms with van der Waals surface area (Å²) in [4.78, 5) is 25.2. The second-order valence-corrected chi connectivity index (χ2v) is 7.15. The zero-order valence-corrected chi connectivity index (χ0v) is 16.0. The maximum absolute atomic E-state index is 12.9. The van der Waals surface area contributed by atoms with Crippen LogP contribution in [0.4, 0.5) is 0 Å². The number of rotatable bonds is 3. The lowest BCUT2D eigenvalue weighted by Crippen LogP contribution is -2.32. The minimum Gasteiger partial charge on any atom is -0.493 e. The molecule has 0 radical (unpaired) electrons. The highest BCUT2D eigenvalue weighted by atomic mass is 16.5. The second kappa shape index (κ2) is 7.05. The number of para-hydroxylation sites is 1. The average Bonchev–Trinajstić information content (AvgIpc) is 3.17. The van der Waals surface area contributed by atoms with Gasteiger partial charge in [-0.05, 0) is 43.3 Å². The Labute approximate surface area is 168 Å². The van der Waals surface area contributed by atoms with Crippen molar-refractivity contribution in [1.82, 2.24) is 20.3 Å². The Balaban J connectivity index is 1.42. The quantitative estimate of drug-likeness (QED) is 0.555. The van der Waals surface area contributed by atoms with Gasteiger partial charge in [0.25, 0.3) is 5.91 Å². The van der Waals surface area contributed by atoms with Gasteiger partial charge in [-0.1, -0.05) is 18.2 Å². The molecule has 6 nitrogen and oxygen atoms in total. The average molecular weight is 384 g/mol. The molecule has 1 amide bonds. The molecule has 1 atom stereocenters. The van der Waals surface area contributed by atoms with Crippen LogP contribution in [0.3, 0.4) is 0 Å². The van der Waals surface area contributed by atoms with Gasteiger partial charge in [-0.25, -0.2) is 4.98 Å². The molecule has 29 heavy (non-hydrogen) atoms. The first-order valence-electron chi connectivity index (χ1n) is 9.63. The van der Waals surface area contributed by atoms with Crippen molar-refractivity contribution in [3.8, 4) is 17.1 Å². The smallest absolute Gasteiger partial charge is 0.251 e. The van der Waals surface area contributed by atoms with Crippen LogP contribution in [0.5, 0.6) is 5.75 Å².